The Balaban J connectivity index is 2.50. The second kappa shape index (κ2) is 4.84. The summed E-state index contributed by atoms with van der Waals surface area (Å²) in [6.45, 7) is 5.30. The first-order chi connectivity index (χ1) is 6.29. The van der Waals surface area contributed by atoms with Gasteiger partial charge in [0, 0.05) is 6.54 Å². The van der Waals surface area contributed by atoms with Crippen molar-refractivity contribution in [2.45, 2.75) is 20.3 Å². The van der Waals surface area contributed by atoms with E-state index < -0.39 is 0 Å². The number of hydrogen-bond acceptors (Lipinski definition) is 4. The van der Waals surface area contributed by atoms with E-state index in [1.165, 1.54) is 0 Å². The molecule has 0 amide bonds. The number of esters is 1. The molecule has 13 heavy (non-hydrogen) atoms. The molecule has 4 nitrogen and oxygen atoms in total. The molecule has 0 aliphatic carbocycles. The third kappa shape index (κ3) is 2.44. The molecule has 0 aromatic rings. The molecule has 0 aromatic carbocycles. The van der Waals surface area contributed by atoms with Crippen LogP contribution in [0.25, 0.3) is 0 Å². The molecule has 1 aliphatic heterocycles. The Hall–Kier alpha value is -1.06. The number of aliphatic imine (C=N–C) groups is 1. The van der Waals surface area contributed by atoms with Crippen molar-refractivity contribution in [1.29, 1.82) is 0 Å². The molecule has 0 saturated carbocycles. The molecular weight excluding hydrogens is 170 g/mol. The molecule has 0 saturated heterocycles. The van der Waals surface area contributed by atoms with E-state index in [0.717, 1.165) is 0 Å². The fourth-order valence-corrected chi connectivity index (χ4v) is 1.29. The standard InChI is InChI=1S/C9H15NO3/c1-3-12-8-7(5-6-10-8)9(11)13-4-2/h7H,3-6H2,1-2H3. The summed E-state index contributed by atoms with van der Waals surface area (Å²) in [5.41, 5.74) is 0. The SMILES string of the molecule is CCOC(=O)C1CCN=C1OCC. The zero-order chi connectivity index (χ0) is 9.68. The maximum Gasteiger partial charge on any atom is 0.318 e. The molecule has 74 valence electrons. The van der Waals surface area contributed by atoms with E-state index in [1.807, 2.05) is 6.92 Å². The van der Waals surface area contributed by atoms with Gasteiger partial charge >= 0.3 is 5.97 Å². The Labute approximate surface area is 77.9 Å². The van der Waals surface area contributed by atoms with Crippen molar-refractivity contribution in [1.82, 2.24) is 0 Å². The maximum absolute atomic E-state index is 11.3. The van der Waals surface area contributed by atoms with Gasteiger partial charge in [0.05, 0.1) is 13.2 Å². The lowest BCUT2D eigenvalue weighted by atomic mass is 10.1. The van der Waals surface area contributed by atoms with Gasteiger partial charge < -0.3 is 9.47 Å². The summed E-state index contributed by atoms with van der Waals surface area (Å²) in [4.78, 5) is 15.5. The predicted molar refractivity (Wildman–Crippen MR) is 48.7 cm³/mol. The van der Waals surface area contributed by atoms with Gasteiger partial charge in [-0.2, -0.15) is 0 Å². The lowest BCUT2D eigenvalue weighted by Crippen LogP contribution is -2.25. The first kappa shape index (κ1) is 10.0. The van der Waals surface area contributed by atoms with Crippen molar-refractivity contribution < 1.29 is 14.3 Å². The van der Waals surface area contributed by atoms with Gasteiger partial charge in [-0.1, -0.05) is 0 Å². The molecule has 0 bridgehead atoms. The third-order valence-corrected chi connectivity index (χ3v) is 1.85. The van der Waals surface area contributed by atoms with Crippen molar-refractivity contribution in [2.75, 3.05) is 19.8 Å². The van der Waals surface area contributed by atoms with Gasteiger partial charge in [-0.3, -0.25) is 9.79 Å². The number of rotatable bonds is 3. The zero-order valence-electron chi connectivity index (χ0n) is 8.08. The van der Waals surface area contributed by atoms with Crippen molar-refractivity contribution >= 4 is 11.9 Å². The van der Waals surface area contributed by atoms with E-state index in [1.54, 1.807) is 6.92 Å². The Bertz CT molecular complexity index is 213. The summed E-state index contributed by atoms with van der Waals surface area (Å²) >= 11 is 0. The highest BCUT2D eigenvalue weighted by Gasteiger charge is 2.30. The fourth-order valence-electron chi connectivity index (χ4n) is 1.29. The Morgan fingerprint density at radius 2 is 2.31 bits per heavy atom. The first-order valence-electron chi connectivity index (χ1n) is 4.63. The van der Waals surface area contributed by atoms with Crippen molar-refractivity contribution in [3.8, 4) is 0 Å². The minimum atomic E-state index is -0.264. The van der Waals surface area contributed by atoms with E-state index in [0.29, 0.717) is 32.1 Å². The van der Waals surface area contributed by atoms with Crippen LogP contribution in [0.4, 0.5) is 0 Å². The summed E-state index contributed by atoms with van der Waals surface area (Å²) in [5, 5.41) is 0. The van der Waals surface area contributed by atoms with Crippen LogP contribution in [0.1, 0.15) is 20.3 Å². The fraction of sp³-hybridized carbons (Fsp3) is 0.778. The highest BCUT2D eigenvalue weighted by molar-refractivity contribution is 5.98. The van der Waals surface area contributed by atoms with Gasteiger partial charge in [-0.25, -0.2) is 0 Å². The van der Waals surface area contributed by atoms with Crippen LogP contribution in [0.3, 0.4) is 0 Å². The van der Waals surface area contributed by atoms with Crippen LogP contribution in [0.2, 0.25) is 0 Å². The number of hydrogen-bond donors (Lipinski definition) is 0. The average molecular weight is 185 g/mol. The summed E-state index contributed by atoms with van der Waals surface area (Å²) in [5.74, 6) is 0.0630. The molecule has 0 aromatic heterocycles. The lowest BCUT2D eigenvalue weighted by Gasteiger charge is -2.11. The topological polar surface area (TPSA) is 47.9 Å². The monoisotopic (exact) mass is 185 g/mol. The third-order valence-electron chi connectivity index (χ3n) is 1.85. The van der Waals surface area contributed by atoms with Gasteiger partial charge in [0.25, 0.3) is 0 Å². The Kier molecular flexibility index (Phi) is 3.73. The second-order valence-corrected chi connectivity index (χ2v) is 2.75. The van der Waals surface area contributed by atoms with Crippen molar-refractivity contribution in [3.05, 3.63) is 0 Å². The van der Waals surface area contributed by atoms with Gasteiger partial charge in [-0.05, 0) is 20.3 Å². The van der Waals surface area contributed by atoms with E-state index in [2.05, 4.69) is 4.99 Å². The molecule has 0 spiro atoms. The molecule has 1 aliphatic rings. The largest absolute Gasteiger partial charge is 0.481 e. The van der Waals surface area contributed by atoms with Crippen molar-refractivity contribution in [3.63, 3.8) is 0 Å². The highest BCUT2D eigenvalue weighted by Crippen LogP contribution is 2.16. The van der Waals surface area contributed by atoms with Crippen LogP contribution < -0.4 is 0 Å². The number of carbonyl (C=O) groups is 1. The van der Waals surface area contributed by atoms with E-state index in [-0.39, 0.29) is 11.9 Å². The van der Waals surface area contributed by atoms with Crippen LogP contribution in [-0.2, 0) is 14.3 Å². The number of ether oxygens (including phenoxy) is 2. The van der Waals surface area contributed by atoms with Gasteiger partial charge in [0.1, 0.15) is 5.92 Å². The van der Waals surface area contributed by atoms with Gasteiger partial charge in [0.15, 0.2) is 5.90 Å². The van der Waals surface area contributed by atoms with Crippen LogP contribution in [0.5, 0.6) is 0 Å². The Morgan fingerprint density at radius 3 is 2.92 bits per heavy atom. The number of nitrogens with zero attached hydrogens (tertiary/aromatic N) is 1. The molecule has 4 heteroatoms. The molecule has 0 N–H and O–H groups in total. The van der Waals surface area contributed by atoms with E-state index in [9.17, 15) is 4.79 Å². The molecule has 1 atom stereocenters. The van der Waals surface area contributed by atoms with Gasteiger partial charge in [0.2, 0.25) is 0 Å². The average Bonchev–Trinajstić information content (AvgIpc) is 2.54. The normalized spacial score (nSPS) is 21.1. The van der Waals surface area contributed by atoms with Crippen LogP contribution >= 0.6 is 0 Å². The van der Waals surface area contributed by atoms with E-state index >= 15 is 0 Å². The quantitative estimate of drug-likeness (QED) is 0.616. The zero-order valence-corrected chi connectivity index (χ0v) is 8.08. The predicted octanol–water partition coefficient (Wildman–Crippen LogP) is 1.00. The molecule has 1 rings (SSSR count). The summed E-state index contributed by atoms with van der Waals surface area (Å²) in [7, 11) is 0. The van der Waals surface area contributed by atoms with E-state index in [4.69, 9.17) is 9.47 Å². The Morgan fingerprint density at radius 1 is 1.54 bits per heavy atom. The molecule has 1 heterocycles. The minimum Gasteiger partial charge on any atom is -0.481 e. The van der Waals surface area contributed by atoms with Crippen LogP contribution in [0.15, 0.2) is 4.99 Å². The summed E-state index contributed by atoms with van der Waals surface area (Å²) in [6, 6.07) is 0. The molecule has 0 fully saturated rings. The smallest absolute Gasteiger partial charge is 0.318 e. The molecule has 1 unspecified atom stereocenters. The second-order valence-electron chi connectivity index (χ2n) is 2.75. The maximum atomic E-state index is 11.3. The summed E-state index contributed by atoms with van der Waals surface area (Å²) in [6.07, 6.45) is 0.716. The lowest BCUT2D eigenvalue weighted by molar-refractivity contribution is -0.145. The van der Waals surface area contributed by atoms with Crippen LogP contribution in [-0.4, -0.2) is 31.6 Å². The number of carbonyl (C=O) groups excluding carboxylic acids is 1. The minimum absolute atomic E-state index is 0.216. The summed E-state index contributed by atoms with van der Waals surface area (Å²) < 4.78 is 10.1. The van der Waals surface area contributed by atoms with Gasteiger partial charge in [-0.15, -0.1) is 0 Å². The highest BCUT2D eigenvalue weighted by atomic mass is 16.5. The first-order valence-corrected chi connectivity index (χ1v) is 4.63. The molecule has 0 radical (unpaired) electrons. The molecular formula is C9H15NO3. The van der Waals surface area contributed by atoms with Crippen molar-refractivity contribution in [2.24, 2.45) is 10.9 Å². The van der Waals surface area contributed by atoms with Crippen LogP contribution in [0, 0.1) is 5.92 Å².